The van der Waals surface area contributed by atoms with Gasteiger partial charge in [-0.3, -0.25) is 14.3 Å². The number of anilines is 1. The van der Waals surface area contributed by atoms with E-state index < -0.39 is 0 Å². The van der Waals surface area contributed by atoms with Crippen LogP contribution in [0, 0.1) is 0 Å². The maximum absolute atomic E-state index is 12.0. The summed E-state index contributed by atoms with van der Waals surface area (Å²) < 4.78 is 2.09. The molecule has 0 fully saturated rings. The van der Waals surface area contributed by atoms with Gasteiger partial charge in [-0.25, -0.2) is 9.88 Å². The number of hydrogen-bond donors (Lipinski definition) is 0. The van der Waals surface area contributed by atoms with Crippen molar-refractivity contribution in [3.05, 3.63) is 54.4 Å². The van der Waals surface area contributed by atoms with Crippen LogP contribution in [0.2, 0.25) is 0 Å². The zero-order valence-electron chi connectivity index (χ0n) is 16.1. The van der Waals surface area contributed by atoms with Crippen LogP contribution in [-0.2, 0) is 22.6 Å². The van der Waals surface area contributed by atoms with E-state index >= 15 is 0 Å². The van der Waals surface area contributed by atoms with Crippen molar-refractivity contribution in [1.82, 2.24) is 14.8 Å². The quantitative estimate of drug-likeness (QED) is 0.698. The van der Waals surface area contributed by atoms with Crippen molar-refractivity contribution in [2.24, 2.45) is 0 Å². The van der Waals surface area contributed by atoms with Crippen LogP contribution >= 0.6 is 0 Å². The Morgan fingerprint density at radius 1 is 1.00 bits per heavy atom. The van der Waals surface area contributed by atoms with Crippen LogP contribution in [0.4, 0.5) is 5.82 Å². The molecule has 1 aliphatic rings. The summed E-state index contributed by atoms with van der Waals surface area (Å²) in [7, 11) is 0. The Morgan fingerprint density at radius 2 is 1.75 bits per heavy atom. The van der Waals surface area contributed by atoms with Gasteiger partial charge in [0, 0.05) is 43.4 Å². The van der Waals surface area contributed by atoms with E-state index in [4.69, 9.17) is 5.10 Å². The van der Waals surface area contributed by atoms with Crippen molar-refractivity contribution in [2.45, 2.75) is 39.7 Å². The lowest BCUT2D eigenvalue weighted by Crippen LogP contribution is -2.33. The molecule has 4 rings (SSSR count). The molecule has 0 N–H and O–H groups in total. The topological polar surface area (TPSA) is 68.1 Å². The molecule has 6 nitrogen and oxygen atoms in total. The minimum Gasteiger partial charge on any atom is -0.274 e. The number of rotatable bonds is 3. The molecular formula is C22H22N4O2. The van der Waals surface area contributed by atoms with E-state index in [1.165, 1.54) is 19.5 Å². The molecule has 6 heteroatoms. The molecule has 2 aromatic heterocycles. The summed E-state index contributed by atoms with van der Waals surface area (Å²) in [5.41, 5.74) is 5.14. The van der Waals surface area contributed by atoms with E-state index in [1.807, 2.05) is 30.3 Å². The smallest absolute Gasteiger partial charge is 0.231 e. The number of amides is 2. The minimum absolute atomic E-state index is 0.340. The predicted molar refractivity (Wildman–Crippen MR) is 108 cm³/mol. The maximum atomic E-state index is 12.0. The molecule has 142 valence electrons. The third kappa shape index (κ3) is 3.22. The molecule has 0 radical (unpaired) electrons. The largest absolute Gasteiger partial charge is 0.274 e. The normalized spacial score (nSPS) is 13.1. The molecule has 1 aliphatic heterocycles. The Hall–Kier alpha value is -3.28. The summed E-state index contributed by atoms with van der Waals surface area (Å²) in [6, 6.07) is 13.8. The van der Waals surface area contributed by atoms with E-state index in [2.05, 4.69) is 21.8 Å². The fourth-order valence-corrected chi connectivity index (χ4v) is 3.83. The average molecular weight is 374 g/mol. The first kappa shape index (κ1) is 18.1. The Labute approximate surface area is 163 Å². The summed E-state index contributed by atoms with van der Waals surface area (Å²) in [5, 5.41) is 4.89. The number of carbonyl (C=O) groups is 2. The molecule has 0 atom stereocenters. The number of aromatic nitrogens is 3. The summed E-state index contributed by atoms with van der Waals surface area (Å²) in [4.78, 5) is 29.3. The molecule has 0 unspecified atom stereocenters. The monoisotopic (exact) mass is 374 g/mol. The fraction of sp³-hybridized carbons (Fsp3) is 0.273. The van der Waals surface area contributed by atoms with Crippen molar-refractivity contribution >= 4 is 17.6 Å². The van der Waals surface area contributed by atoms with Crippen LogP contribution < -0.4 is 4.90 Å². The Kier molecular flexibility index (Phi) is 4.77. The molecule has 0 saturated heterocycles. The highest BCUT2D eigenvalue weighted by Crippen LogP contribution is 2.37. The lowest BCUT2D eigenvalue weighted by Gasteiger charge is -2.18. The van der Waals surface area contributed by atoms with Crippen molar-refractivity contribution in [3.8, 4) is 22.4 Å². The second kappa shape index (κ2) is 7.38. The van der Waals surface area contributed by atoms with Gasteiger partial charge in [-0.05, 0) is 37.0 Å². The second-order valence-electron chi connectivity index (χ2n) is 6.99. The first-order valence-electron chi connectivity index (χ1n) is 9.49. The molecule has 28 heavy (non-hydrogen) atoms. The highest BCUT2D eigenvalue weighted by Gasteiger charge is 2.24. The lowest BCUT2D eigenvalue weighted by molar-refractivity contribution is -0.124. The predicted octanol–water partition coefficient (Wildman–Crippen LogP) is 3.85. The van der Waals surface area contributed by atoms with Gasteiger partial charge in [-0.1, -0.05) is 30.3 Å². The maximum Gasteiger partial charge on any atom is 0.231 e. The van der Waals surface area contributed by atoms with Gasteiger partial charge in [-0.15, -0.1) is 0 Å². The standard InChI is InChI=1S/C22H22N4O2/c1-15(27)26(16(2)28)20-14-18(11-12-23-20)21-19-10-6-7-13-25(19)24-22(21)17-8-4-3-5-9-17/h3-5,8-9,11-12,14H,6-7,10,13H2,1-2H3. The van der Waals surface area contributed by atoms with Gasteiger partial charge in [0.15, 0.2) is 0 Å². The van der Waals surface area contributed by atoms with Crippen LogP contribution in [0.5, 0.6) is 0 Å². The second-order valence-corrected chi connectivity index (χ2v) is 6.99. The molecule has 0 spiro atoms. The molecular weight excluding hydrogens is 352 g/mol. The molecule has 1 aromatic carbocycles. The summed E-state index contributed by atoms with van der Waals surface area (Å²) >= 11 is 0. The van der Waals surface area contributed by atoms with Crippen molar-refractivity contribution in [3.63, 3.8) is 0 Å². The van der Waals surface area contributed by atoms with Crippen LogP contribution in [0.1, 0.15) is 32.4 Å². The highest BCUT2D eigenvalue weighted by molar-refractivity contribution is 6.12. The third-order valence-corrected chi connectivity index (χ3v) is 5.03. The summed E-state index contributed by atoms with van der Waals surface area (Å²) in [6.45, 7) is 3.64. The number of hydrogen-bond acceptors (Lipinski definition) is 4. The number of imide groups is 1. The van der Waals surface area contributed by atoms with Gasteiger partial charge in [-0.2, -0.15) is 5.10 Å². The van der Waals surface area contributed by atoms with Gasteiger partial charge in [0.05, 0.1) is 0 Å². The van der Waals surface area contributed by atoms with Crippen LogP contribution in [0.25, 0.3) is 22.4 Å². The van der Waals surface area contributed by atoms with E-state index in [0.29, 0.717) is 5.82 Å². The van der Waals surface area contributed by atoms with Gasteiger partial charge in [0.2, 0.25) is 11.8 Å². The lowest BCUT2D eigenvalue weighted by atomic mass is 9.96. The Balaban J connectivity index is 1.90. The molecule has 0 bridgehead atoms. The van der Waals surface area contributed by atoms with E-state index in [1.54, 1.807) is 6.20 Å². The molecule has 0 aliphatic carbocycles. The number of pyridine rings is 1. The number of fused-ring (bicyclic) bond motifs is 1. The number of benzene rings is 1. The van der Waals surface area contributed by atoms with Gasteiger partial charge in [0.1, 0.15) is 11.5 Å². The molecule has 0 saturated carbocycles. The zero-order valence-corrected chi connectivity index (χ0v) is 16.1. The number of carbonyl (C=O) groups excluding carboxylic acids is 2. The van der Waals surface area contributed by atoms with E-state index in [0.717, 1.165) is 53.1 Å². The van der Waals surface area contributed by atoms with E-state index in [-0.39, 0.29) is 11.8 Å². The third-order valence-electron chi connectivity index (χ3n) is 5.03. The summed E-state index contributed by atoms with van der Waals surface area (Å²) in [5.74, 6) is -0.359. The van der Waals surface area contributed by atoms with Crippen molar-refractivity contribution < 1.29 is 9.59 Å². The minimum atomic E-state index is -0.350. The van der Waals surface area contributed by atoms with E-state index in [9.17, 15) is 9.59 Å². The first-order chi connectivity index (χ1) is 13.6. The van der Waals surface area contributed by atoms with Crippen LogP contribution in [-0.4, -0.2) is 26.6 Å². The van der Waals surface area contributed by atoms with Gasteiger partial charge < -0.3 is 0 Å². The van der Waals surface area contributed by atoms with Crippen LogP contribution in [0.15, 0.2) is 48.7 Å². The first-order valence-corrected chi connectivity index (χ1v) is 9.49. The Morgan fingerprint density at radius 3 is 2.46 bits per heavy atom. The molecule has 2 amide bonds. The average Bonchev–Trinajstić information content (AvgIpc) is 3.08. The van der Waals surface area contributed by atoms with Gasteiger partial charge in [0.25, 0.3) is 0 Å². The van der Waals surface area contributed by atoms with Crippen molar-refractivity contribution in [1.29, 1.82) is 0 Å². The number of aryl methyl sites for hydroxylation is 1. The Bertz CT molecular complexity index is 1030. The fourth-order valence-electron chi connectivity index (χ4n) is 3.83. The molecule has 3 heterocycles. The number of nitrogens with zero attached hydrogens (tertiary/aromatic N) is 4. The van der Waals surface area contributed by atoms with Crippen molar-refractivity contribution in [2.75, 3.05) is 4.90 Å². The van der Waals surface area contributed by atoms with Gasteiger partial charge >= 0.3 is 0 Å². The zero-order chi connectivity index (χ0) is 19.7. The molecule has 3 aromatic rings. The van der Waals surface area contributed by atoms with Crippen LogP contribution in [0.3, 0.4) is 0 Å². The highest BCUT2D eigenvalue weighted by atomic mass is 16.2. The summed E-state index contributed by atoms with van der Waals surface area (Å²) in [6.07, 6.45) is 4.84. The SMILES string of the molecule is CC(=O)N(C(C)=O)c1cc(-c2c(-c3ccccc3)nn3c2CCCC3)ccn1.